The molecule has 0 aromatic heterocycles. The van der Waals surface area contributed by atoms with Gasteiger partial charge in [0, 0.05) is 23.2 Å². The minimum absolute atomic E-state index is 0.0124. The van der Waals surface area contributed by atoms with E-state index in [-0.39, 0.29) is 23.4 Å². The van der Waals surface area contributed by atoms with Crippen LogP contribution in [-0.2, 0) is 11.4 Å². The van der Waals surface area contributed by atoms with Gasteiger partial charge in [0.15, 0.2) is 11.5 Å². The molecule has 0 radical (unpaired) electrons. The van der Waals surface area contributed by atoms with Crippen molar-refractivity contribution in [3.8, 4) is 11.5 Å². The van der Waals surface area contributed by atoms with Crippen molar-refractivity contribution in [2.45, 2.75) is 20.5 Å². The van der Waals surface area contributed by atoms with E-state index in [1.807, 2.05) is 6.92 Å². The highest BCUT2D eigenvalue weighted by Gasteiger charge is 2.33. The fraction of sp³-hybridized carbons (Fsp3) is 0.238. The number of non-ortho nitro benzene ring substituents is 1. The van der Waals surface area contributed by atoms with Gasteiger partial charge in [0.25, 0.3) is 16.8 Å². The number of carbonyl (C=O) groups is 2. The molecule has 0 bridgehead atoms. The van der Waals surface area contributed by atoms with Gasteiger partial charge in [-0.3, -0.25) is 24.6 Å². The van der Waals surface area contributed by atoms with E-state index in [0.717, 1.165) is 17.3 Å². The zero-order valence-corrected chi connectivity index (χ0v) is 19.2. The van der Waals surface area contributed by atoms with Gasteiger partial charge in [-0.15, -0.1) is 0 Å². The van der Waals surface area contributed by atoms with Crippen molar-refractivity contribution in [3.63, 3.8) is 0 Å². The van der Waals surface area contributed by atoms with Gasteiger partial charge in [0.05, 0.1) is 16.4 Å². The maximum absolute atomic E-state index is 12.4. The van der Waals surface area contributed by atoms with Crippen molar-refractivity contribution in [1.82, 2.24) is 4.90 Å². The van der Waals surface area contributed by atoms with Gasteiger partial charge in [-0.25, -0.2) is 0 Å². The quantitative estimate of drug-likeness (QED) is 0.268. The van der Waals surface area contributed by atoms with Gasteiger partial charge in [0.2, 0.25) is 0 Å². The van der Waals surface area contributed by atoms with E-state index >= 15 is 0 Å². The molecule has 1 aliphatic rings. The number of carbonyl (C=O) groups excluding carboxylic acids is 2. The molecule has 8 nitrogen and oxygen atoms in total. The molecule has 3 rings (SSSR count). The number of nitrogens with zero attached hydrogens (tertiary/aromatic N) is 2. The summed E-state index contributed by atoms with van der Waals surface area (Å²) in [5.74, 6) is 0.639. The number of amides is 2. The highest BCUT2D eigenvalue weighted by Crippen LogP contribution is 2.38. The molecule has 31 heavy (non-hydrogen) atoms. The van der Waals surface area contributed by atoms with Crippen LogP contribution in [0.1, 0.15) is 25.0 Å². The number of rotatable bonds is 8. The molecule has 0 N–H and O–H groups in total. The number of thioether (sulfide) groups is 1. The Labute approximate surface area is 191 Å². The summed E-state index contributed by atoms with van der Waals surface area (Å²) < 4.78 is 12.2. The highest BCUT2D eigenvalue weighted by molar-refractivity contribution is 9.10. The SMILES string of the molecule is CCOc1cc(/C=C2/SC(=O)N(CC)C2=O)c(Br)cc1OCc1ccc([N+](=O)[O-])cc1. The molecule has 162 valence electrons. The van der Waals surface area contributed by atoms with Crippen molar-refractivity contribution >= 4 is 50.6 Å². The second-order valence-electron chi connectivity index (χ2n) is 6.39. The van der Waals surface area contributed by atoms with Crippen LogP contribution in [0.2, 0.25) is 0 Å². The van der Waals surface area contributed by atoms with Crippen LogP contribution in [0, 0.1) is 10.1 Å². The maximum Gasteiger partial charge on any atom is 0.293 e. The fourth-order valence-electron chi connectivity index (χ4n) is 2.83. The standard InChI is InChI=1S/C21H19BrN2O6S/c1-3-23-20(25)19(31-21(23)26)10-14-9-17(29-4-2)18(11-16(14)22)30-12-13-5-7-15(8-6-13)24(27)28/h5-11H,3-4,12H2,1-2H3/b19-10+. The lowest BCUT2D eigenvalue weighted by Crippen LogP contribution is -2.27. The highest BCUT2D eigenvalue weighted by atomic mass is 79.9. The summed E-state index contributed by atoms with van der Waals surface area (Å²) in [4.78, 5) is 36.2. The maximum atomic E-state index is 12.4. The molecule has 0 spiro atoms. The van der Waals surface area contributed by atoms with Crippen molar-refractivity contribution in [3.05, 3.63) is 67.0 Å². The van der Waals surface area contributed by atoms with Crippen molar-refractivity contribution < 1.29 is 24.0 Å². The number of halogens is 1. The second-order valence-corrected chi connectivity index (χ2v) is 8.24. The first-order chi connectivity index (χ1) is 14.8. The van der Waals surface area contributed by atoms with Gasteiger partial charge < -0.3 is 9.47 Å². The van der Waals surface area contributed by atoms with Crippen LogP contribution >= 0.6 is 27.7 Å². The van der Waals surface area contributed by atoms with E-state index in [4.69, 9.17) is 9.47 Å². The first kappa shape index (κ1) is 22.8. The Kier molecular flexibility index (Phi) is 7.34. The van der Waals surface area contributed by atoms with E-state index in [2.05, 4.69) is 15.9 Å². The van der Waals surface area contributed by atoms with E-state index in [0.29, 0.717) is 39.6 Å². The van der Waals surface area contributed by atoms with E-state index in [9.17, 15) is 19.7 Å². The first-order valence-electron chi connectivity index (χ1n) is 9.41. The minimum Gasteiger partial charge on any atom is -0.490 e. The molecular weight excluding hydrogens is 488 g/mol. The number of hydrogen-bond acceptors (Lipinski definition) is 7. The number of benzene rings is 2. The number of hydrogen-bond donors (Lipinski definition) is 0. The average molecular weight is 507 g/mol. The Bertz CT molecular complexity index is 1050. The lowest BCUT2D eigenvalue weighted by atomic mass is 10.1. The van der Waals surface area contributed by atoms with E-state index in [1.54, 1.807) is 37.3 Å². The van der Waals surface area contributed by atoms with Gasteiger partial charge in [-0.05, 0) is 67.1 Å². The Morgan fingerprint density at radius 1 is 1.13 bits per heavy atom. The summed E-state index contributed by atoms with van der Waals surface area (Å²) in [6, 6.07) is 9.57. The largest absolute Gasteiger partial charge is 0.490 e. The number of nitro groups is 1. The van der Waals surface area contributed by atoms with Gasteiger partial charge in [-0.2, -0.15) is 0 Å². The number of likely N-dealkylation sites (N-methyl/N-ethyl adjacent to an activating group) is 1. The smallest absolute Gasteiger partial charge is 0.293 e. The Hall–Kier alpha value is -2.85. The first-order valence-corrected chi connectivity index (χ1v) is 11.0. The van der Waals surface area contributed by atoms with Gasteiger partial charge in [-0.1, -0.05) is 15.9 Å². The van der Waals surface area contributed by atoms with Crippen LogP contribution in [0.4, 0.5) is 10.5 Å². The molecule has 2 aromatic carbocycles. The third kappa shape index (κ3) is 5.26. The molecule has 0 aliphatic carbocycles. The fourth-order valence-corrected chi connectivity index (χ4v) is 4.16. The van der Waals surface area contributed by atoms with Crippen molar-refractivity contribution in [1.29, 1.82) is 0 Å². The lowest BCUT2D eigenvalue weighted by molar-refractivity contribution is -0.384. The molecule has 2 amide bonds. The monoisotopic (exact) mass is 506 g/mol. The summed E-state index contributed by atoms with van der Waals surface area (Å²) in [6.07, 6.45) is 1.65. The summed E-state index contributed by atoms with van der Waals surface area (Å²) in [6.45, 7) is 4.51. The summed E-state index contributed by atoms with van der Waals surface area (Å²) in [5.41, 5.74) is 1.45. The van der Waals surface area contributed by atoms with Crippen molar-refractivity contribution in [2.75, 3.05) is 13.2 Å². The third-order valence-corrected chi connectivity index (χ3v) is 5.97. The number of imide groups is 1. The summed E-state index contributed by atoms with van der Waals surface area (Å²) in [5, 5.41) is 10.5. The topological polar surface area (TPSA) is 99.0 Å². The third-order valence-electron chi connectivity index (χ3n) is 4.38. The van der Waals surface area contributed by atoms with Crippen LogP contribution < -0.4 is 9.47 Å². The van der Waals surface area contributed by atoms with Crippen LogP contribution in [0.25, 0.3) is 6.08 Å². The average Bonchev–Trinajstić information content (AvgIpc) is 3.01. The lowest BCUT2D eigenvalue weighted by Gasteiger charge is -2.14. The van der Waals surface area contributed by atoms with Crippen LogP contribution in [0.3, 0.4) is 0 Å². The molecule has 1 heterocycles. The molecule has 1 aliphatic heterocycles. The number of nitro benzene ring substituents is 1. The van der Waals surface area contributed by atoms with Crippen LogP contribution in [-0.4, -0.2) is 34.1 Å². The Morgan fingerprint density at radius 2 is 1.81 bits per heavy atom. The van der Waals surface area contributed by atoms with Gasteiger partial charge >= 0.3 is 0 Å². The zero-order chi connectivity index (χ0) is 22.5. The molecule has 1 fully saturated rings. The Morgan fingerprint density at radius 3 is 2.39 bits per heavy atom. The zero-order valence-electron chi connectivity index (χ0n) is 16.8. The van der Waals surface area contributed by atoms with Gasteiger partial charge in [0.1, 0.15) is 6.61 Å². The van der Waals surface area contributed by atoms with E-state index in [1.165, 1.54) is 17.0 Å². The normalized spacial score (nSPS) is 14.9. The number of ether oxygens (including phenoxy) is 2. The molecule has 0 unspecified atom stereocenters. The minimum atomic E-state index is -0.456. The molecule has 0 atom stereocenters. The van der Waals surface area contributed by atoms with Crippen molar-refractivity contribution in [2.24, 2.45) is 0 Å². The van der Waals surface area contributed by atoms with E-state index < -0.39 is 4.92 Å². The Balaban J connectivity index is 1.83. The predicted octanol–water partition coefficient (Wildman–Crippen LogP) is 5.39. The second kappa shape index (κ2) is 9.97. The summed E-state index contributed by atoms with van der Waals surface area (Å²) in [7, 11) is 0. The molecule has 1 saturated heterocycles. The molecule has 2 aromatic rings. The summed E-state index contributed by atoms with van der Waals surface area (Å²) >= 11 is 4.39. The molecule has 10 heteroatoms. The molecule has 0 saturated carbocycles. The van der Waals surface area contributed by atoms with Crippen LogP contribution in [0.5, 0.6) is 11.5 Å². The predicted molar refractivity (Wildman–Crippen MR) is 121 cm³/mol. The molecular formula is C21H19BrN2O6S. The van der Waals surface area contributed by atoms with Crippen LogP contribution in [0.15, 0.2) is 45.8 Å².